The van der Waals surface area contributed by atoms with E-state index in [9.17, 15) is 4.79 Å². The van der Waals surface area contributed by atoms with Gasteiger partial charge in [-0.2, -0.15) is 0 Å². The monoisotopic (exact) mass is 368 g/mol. The van der Waals surface area contributed by atoms with Crippen molar-refractivity contribution in [3.8, 4) is 0 Å². The molecule has 0 radical (unpaired) electrons. The molecule has 4 rings (SSSR count). The number of morpholine rings is 1. The molecule has 2 fully saturated rings. The van der Waals surface area contributed by atoms with Gasteiger partial charge in [-0.05, 0) is 30.4 Å². The lowest BCUT2D eigenvalue weighted by atomic mass is 10.00. The van der Waals surface area contributed by atoms with Crippen molar-refractivity contribution in [3.63, 3.8) is 0 Å². The van der Waals surface area contributed by atoms with E-state index in [2.05, 4.69) is 19.9 Å². The van der Waals surface area contributed by atoms with Crippen LogP contribution >= 0.6 is 0 Å². The SMILES string of the molecule is Nc1ccc(CC2CCN(c3cncc(C(=O)N4CCOCC4)n3)C2)cn1. The van der Waals surface area contributed by atoms with Gasteiger partial charge in [-0.15, -0.1) is 0 Å². The second-order valence-corrected chi connectivity index (χ2v) is 7.06. The topological polar surface area (TPSA) is 97.5 Å². The molecule has 142 valence electrons. The summed E-state index contributed by atoms with van der Waals surface area (Å²) in [5, 5.41) is 0. The maximum Gasteiger partial charge on any atom is 0.274 e. The van der Waals surface area contributed by atoms with Gasteiger partial charge in [-0.25, -0.2) is 9.97 Å². The van der Waals surface area contributed by atoms with E-state index < -0.39 is 0 Å². The Kier molecular flexibility index (Phi) is 5.15. The van der Waals surface area contributed by atoms with Crippen molar-refractivity contribution < 1.29 is 9.53 Å². The minimum absolute atomic E-state index is 0.0728. The molecule has 0 saturated carbocycles. The summed E-state index contributed by atoms with van der Waals surface area (Å²) in [6.45, 7) is 4.17. The Morgan fingerprint density at radius 1 is 1.19 bits per heavy atom. The second kappa shape index (κ2) is 7.87. The van der Waals surface area contributed by atoms with Gasteiger partial charge in [-0.3, -0.25) is 9.78 Å². The summed E-state index contributed by atoms with van der Waals surface area (Å²) in [5.74, 6) is 1.77. The molecule has 2 aromatic rings. The van der Waals surface area contributed by atoms with Crippen molar-refractivity contribution in [2.75, 3.05) is 50.0 Å². The Bertz CT molecular complexity index is 791. The van der Waals surface area contributed by atoms with Gasteiger partial charge in [0.05, 0.1) is 25.6 Å². The first-order valence-electron chi connectivity index (χ1n) is 9.33. The summed E-state index contributed by atoms with van der Waals surface area (Å²) < 4.78 is 5.31. The van der Waals surface area contributed by atoms with Crippen LogP contribution in [0, 0.1) is 5.92 Å². The first kappa shape index (κ1) is 17.7. The van der Waals surface area contributed by atoms with Crippen LogP contribution in [-0.4, -0.2) is 65.2 Å². The Labute approximate surface area is 158 Å². The maximum atomic E-state index is 12.6. The minimum Gasteiger partial charge on any atom is -0.384 e. The van der Waals surface area contributed by atoms with Crippen molar-refractivity contribution >= 4 is 17.5 Å². The van der Waals surface area contributed by atoms with Crippen LogP contribution in [0.1, 0.15) is 22.5 Å². The molecular formula is C19H24N6O2. The van der Waals surface area contributed by atoms with Crippen LogP contribution in [-0.2, 0) is 11.2 Å². The van der Waals surface area contributed by atoms with E-state index in [0.29, 0.717) is 43.7 Å². The average molecular weight is 368 g/mol. The summed E-state index contributed by atoms with van der Waals surface area (Å²) in [4.78, 5) is 29.6. The smallest absolute Gasteiger partial charge is 0.274 e. The summed E-state index contributed by atoms with van der Waals surface area (Å²) in [7, 11) is 0. The van der Waals surface area contributed by atoms with Gasteiger partial charge in [0.15, 0.2) is 0 Å². The first-order chi connectivity index (χ1) is 13.2. The van der Waals surface area contributed by atoms with Crippen LogP contribution in [0.2, 0.25) is 0 Å². The third-order valence-electron chi connectivity index (χ3n) is 5.12. The van der Waals surface area contributed by atoms with E-state index in [0.717, 1.165) is 31.7 Å². The fourth-order valence-electron chi connectivity index (χ4n) is 3.64. The van der Waals surface area contributed by atoms with Gasteiger partial charge in [0.1, 0.15) is 17.3 Å². The highest BCUT2D eigenvalue weighted by Gasteiger charge is 2.26. The molecule has 27 heavy (non-hydrogen) atoms. The number of carbonyl (C=O) groups excluding carboxylic acids is 1. The Morgan fingerprint density at radius 3 is 2.81 bits per heavy atom. The summed E-state index contributed by atoms with van der Waals surface area (Å²) in [5.41, 5.74) is 7.25. The predicted octanol–water partition coefficient (Wildman–Crippen LogP) is 0.995. The molecule has 0 aliphatic carbocycles. The Morgan fingerprint density at radius 2 is 2.04 bits per heavy atom. The molecular weight excluding hydrogens is 344 g/mol. The number of amides is 1. The number of nitrogen functional groups attached to an aromatic ring is 1. The number of pyridine rings is 1. The summed E-state index contributed by atoms with van der Waals surface area (Å²) in [6.07, 6.45) is 7.18. The maximum absolute atomic E-state index is 12.6. The molecule has 2 saturated heterocycles. The first-order valence-corrected chi connectivity index (χ1v) is 9.33. The van der Waals surface area contributed by atoms with Gasteiger partial charge in [0.25, 0.3) is 5.91 Å². The molecule has 1 amide bonds. The summed E-state index contributed by atoms with van der Waals surface area (Å²) >= 11 is 0. The van der Waals surface area contributed by atoms with Crippen LogP contribution in [0.3, 0.4) is 0 Å². The number of aromatic nitrogens is 3. The predicted molar refractivity (Wildman–Crippen MR) is 101 cm³/mol. The second-order valence-electron chi connectivity index (χ2n) is 7.06. The van der Waals surface area contributed by atoms with Crippen LogP contribution in [0.4, 0.5) is 11.6 Å². The summed E-state index contributed by atoms with van der Waals surface area (Å²) in [6, 6.07) is 3.88. The molecule has 2 N–H and O–H groups in total. The zero-order valence-corrected chi connectivity index (χ0v) is 15.3. The van der Waals surface area contributed by atoms with E-state index >= 15 is 0 Å². The number of nitrogens with zero attached hydrogens (tertiary/aromatic N) is 5. The molecule has 8 nitrogen and oxygen atoms in total. The highest BCUT2D eigenvalue weighted by molar-refractivity contribution is 5.92. The molecule has 0 bridgehead atoms. The van der Waals surface area contributed by atoms with Crippen molar-refractivity contribution in [2.24, 2.45) is 5.92 Å². The number of rotatable bonds is 4. The number of anilines is 2. The molecule has 8 heteroatoms. The standard InChI is InChI=1S/C19H24N6O2/c20-17-2-1-14(10-22-17)9-15-3-4-25(13-15)18-12-21-11-16(23-18)19(26)24-5-7-27-8-6-24/h1-2,10-12,15H,3-9,13H2,(H2,20,22). The Balaban J connectivity index is 1.40. The average Bonchev–Trinajstić information content (AvgIpc) is 3.18. The third-order valence-corrected chi connectivity index (χ3v) is 5.12. The van der Waals surface area contributed by atoms with Gasteiger partial charge in [0.2, 0.25) is 0 Å². The van der Waals surface area contributed by atoms with Crippen molar-refractivity contribution in [1.29, 1.82) is 0 Å². The number of carbonyl (C=O) groups is 1. The van der Waals surface area contributed by atoms with Gasteiger partial charge < -0.3 is 20.3 Å². The molecule has 2 aliphatic rings. The molecule has 4 heterocycles. The van der Waals surface area contributed by atoms with E-state index in [4.69, 9.17) is 10.5 Å². The fourth-order valence-corrected chi connectivity index (χ4v) is 3.64. The molecule has 2 aliphatic heterocycles. The van der Waals surface area contributed by atoms with Crippen LogP contribution in [0.15, 0.2) is 30.7 Å². The number of hydrogen-bond donors (Lipinski definition) is 1. The lowest BCUT2D eigenvalue weighted by Crippen LogP contribution is -2.41. The lowest BCUT2D eigenvalue weighted by molar-refractivity contribution is 0.0299. The Hall–Kier alpha value is -2.74. The highest BCUT2D eigenvalue weighted by Crippen LogP contribution is 2.25. The largest absolute Gasteiger partial charge is 0.384 e. The molecule has 0 aromatic carbocycles. The number of nitrogens with two attached hydrogens (primary N) is 1. The van der Waals surface area contributed by atoms with E-state index in [1.807, 2.05) is 18.3 Å². The van der Waals surface area contributed by atoms with E-state index in [-0.39, 0.29) is 5.91 Å². The molecule has 1 unspecified atom stereocenters. The molecule has 1 atom stereocenters. The van der Waals surface area contributed by atoms with Gasteiger partial charge in [-0.1, -0.05) is 6.07 Å². The zero-order chi connectivity index (χ0) is 18.6. The quantitative estimate of drug-likeness (QED) is 0.859. The highest BCUT2D eigenvalue weighted by atomic mass is 16.5. The van der Waals surface area contributed by atoms with Gasteiger partial charge in [0, 0.05) is 32.4 Å². The minimum atomic E-state index is -0.0728. The van der Waals surface area contributed by atoms with Crippen LogP contribution in [0.5, 0.6) is 0 Å². The molecule has 2 aromatic heterocycles. The third kappa shape index (κ3) is 4.16. The fraction of sp³-hybridized carbons (Fsp3) is 0.474. The van der Waals surface area contributed by atoms with Gasteiger partial charge >= 0.3 is 0 Å². The zero-order valence-electron chi connectivity index (χ0n) is 15.3. The number of ether oxygens (including phenoxy) is 1. The van der Waals surface area contributed by atoms with E-state index in [1.165, 1.54) is 5.56 Å². The van der Waals surface area contributed by atoms with Crippen molar-refractivity contribution in [1.82, 2.24) is 19.9 Å². The van der Waals surface area contributed by atoms with Crippen LogP contribution < -0.4 is 10.6 Å². The van der Waals surface area contributed by atoms with Crippen molar-refractivity contribution in [3.05, 3.63) is 42.0 Å². The van der Waals surface area contributed by atoms with E-state index in [1.54, 1.807) is 17.3 Å². The van der Waals surface area contributed by atoms with Crippen LogP contribution in [0.25, 0.3) is 0 Å². The number of hydrogen-bond acceptors (Lipinski definition) is 7. The lowest BCUT2D eigenvalue weighted by Gasteiger charge is -2.26. The van der Waals surface area contributed by atoms with Crippen molar-refractivity contribution in [2.45, 2.75) is 12.8 Å². The normalized spacial score (nSPS) is 20.1. The molecule has 0 spiro atoms.